The van der Waals surface area contributed by atoms with Gasteiger partial charge in [-0.3, -0.25) is 0 Å². The maximum Gasteiger partial charge on any atom is 0.0851 e. The lowest BCUT2D eigenvalue weighted by Crippen LogP contribution is -1.79. The number of hydrogen-bond acceptors (Lipinski definition) is 1. The molecule has 0 rings (SSSR count). The normalized spacial score (nSPS) is 12.3. The highest BCUT2D eigenvalue weighted by Gasteiger charge is 1.89. The van der Waals surface area contributed by atoms with Gasteiger partial charge in [0.1, 0.15) is 0 Å². The Bertz CT molecular complexity index is 211. The Morgan fingerprint density at radius 2 is 2.07 bits per heavy atom. The summed E-state index contributed by atoms with van der Waals surface area (Å²) < 4.78 is 0. The van der Waals surface area contributed by atoms with E-state index in [2.05, 4.69) is 38.7 Å². The molecule has 0 atom stereocenters. The Morgan fingerprint density at radius 3 is 2.64 bits per heavy atom. The molecule has 1 nitrogen and oxygen atoms in total. The lowest BCUT2D eigenvalue weighted by Gasteiger charge is -1.96. The third-order valence-corrected chi connectivity index (χ3v) is 1.99. The van der Waals surface area contributed by atoms with Crippen LogP contribution in [0.3, 0.4) is 0 Å². The van der Waals surface area contributed by atoms with Crippen molar-refractivity contribution < 1.29 is 5.11 Å². The first-order chi connectivity index (χ1) is 6.66. The van der Waals surface area contributed by atoms with Crippen molar-refractivity contribution in [2.24, 2.45) is 0 Å². The Labute approximate surface area is 87.8 Å². The minimum atomic E-state index is 0.302. The van der Waals surface area contributed by atoms with Gasteiger partial charge in [-0.25, -0.2) is 0 Å². The summed E-state index contributed by atoms with van der Waals surface area (Å²) in [6, 6.07) is 0. The van der Waals surface area contributed by atoms with Gasteiger partial charge in [0.15, 0.2) is 0 Å². The molecule has 0 unspecified atom stereocenters. The van der Waals surface area contributed by atoms with Crippen molar-refractivity contribution in [2.75, 3.05) is 0 Å². The zero-order chi connectivity index (χ0) is 10.8. The van der Waals surface area contributed by atoms with Crippen molar-refractivity contribution in [3.8, 4) is 0 Å². The second-order valence-electron chi connectivity index (χ2n) is 3.57. The highest BCUT2D eigenvalue weighted by molar-refractivity contribution is 5.15. The van der Waals surface area contributed by atoms with Crippen LogP contribution in [0.2, 0.25) is 0 Å². The van der Waals surface area contributed by atoms with Crippen LogP contribution in [0.5, 0.6) is 0 Å². The molecule has 0 amide bonds. The summed E-state index contributed by atoms with van der Waals surface area (Å²) in [5.41, 5.74) is 1.33. The fourth-order valence-electron chi connectivity index (χ4n) is 1.25. The van der Waals surface area contributed by atoms with Gasteiger partial charge in [-0.1, -0.05) is 37.3 Å². The van der Waals surface area contributed by atoms with Crippen molar-refractivity contribution in [1.82, 2.24) is 0 Å². The molecular formula is C13H22O. The Hall–Kier alpha value is -0.980. The van der Waals surface area contributed by atoms with E-state index in [0.717, 1.165) is 32.1 Å². The number of aliphatic hydroxyl groups excluding tert-OH is 1. The Morgan fingerprint density at radius 1 is 1.36 bits per heavy atom. The monoisotopic (exact) mass is 194 g/mol. The molecule has 0 aromatic carbocycles. The minimum absolute atomic E-state index is 0.302. The van der Waals surface area contributed by atoms with E-state index in [1.807, 2.05) is 0 Å². The van der Waals surface area contributed by atoms with Gasteiger partial charge in [0, 0.05) is 6.42 Å². The average molecular weight is 194 g/mol. The molecule has 0 spiro atoms. The molecule has 0 saturated heterocycles. The van der Waals surface area contributed by atoms with E-state index in [9.17, 15) is 0 Å². The fourth-order valence-corrected chi connectivity index (χ4v) is 1.25. The van der Waals surface area contributed by atoms with E-state index in [0.29, 0.717) is 5.76 Å². The summed E-state index contributed by atoms with van der Waals surface area (Å²) in [4.78, 5) is 0. The van der Waals surface area contributed by atoms with E-state index in [4.69, 9.17) is 5.11 Å². The van der Waals surface area contributed by atoms with Crippen molar-refractivity contribution in [1.29, 1.82) is 0 Å². The van der Waals surface area contributed by atoms with E-state index < -0.39 is 0 Å². The summed E-state index contributed by atoms with van der Waals surface area (Å²) in [7, 11) is 0. The molecule has 1 N–H and O–H groups in total. The van der Waals surface area contributed by atoms with Gasteiger partial charge in [-0.05, 0) is 32.6 Å². The summed E-state index contributed by atoms with van der Waals surface area (Å²) in [5, 5.41) is 8.85. The number of allylic oxidation sites excluding steroid dienone is 5. The van der Waals surface area contributed by atoms with Gasteiger partial charge in [0.25, 0.3) is 0 Å². The van der Waals surface area contributed by atoms with Gasteiger partial charge >= 0.3 is 0 Å². The first-order valence-electron chi connectivity index (χ1n) is 5.37. The predicted molar refractivity (Wildman–Crippen MR) is 63.4 cm³/mol. The summed E-state index contributed by atoms with van der Waals surface area (Å²) in [5.74, 6) is 0.302. The van der Waals surface area contributed by atoms with E-state index in [1.54, 1.807) is 0 Å². The second-order valence-corrected chi connectivity index (χ2v) is 3.57. The van der Waals surface area contributed by atoms with Crippen molar-refractivity contribution in [3.63, 3.8) is 0 Å². The van der Waals surface area contributed by atoms with E-state index in [1.165, 1.54) is 5.57 Å². The van der Waals surface area contributed by atoms with E-state index >= 15 is 0 Å². The zero-order valence-corrected chi connectivity index (χ0v) is 9.42. The summed E-state index contributed by atoms with van der Waals surface area (Å²) in [6.45, 7) is 7.72. The smallest absolute Gasteiger partial charge is 0.0851 e. The molecule has 0 fully saturated rings. The average Bonchev–Trinajstić information content (AvgIpc) is 2.11. The lowest BCUT2D eigenvalue weighted by atomic mass is 10.1. The molecule has 0 aliphatic rings. The largest absolute Gasteiger partial charge is 0.513 e. The van der Waals surface area contributed by atoms with Gasteiger partial charge in [0.2, 0.25) is 0 Å². The molecule has 0 aromatic heterocycles. The highest BCUT2D eigenvalue weighted by atomic mass is 16.3. The van der Waals surface area contributed by atoms with Crippen molar-refractivity contribution in [3.05, 3.63) is 36.1 Å². The maximum absolute atomic E-state index is 8.85. The summed E-state index contributed by atoms with van der Waals surface area (Å²) in [6.07, 6.45) is 11.6. The quantitative estimate of drug-likeness (QED) is 0.358. The maximum atomic E-state index is 8.85. The highest BCUT2D eigenvalue weighted by Crippen LogP contribution is 2.06. The van der Waals surface area contributed by atoms with Gasteiger partial charge in [0.05, 0.1) is 5.76 Å². The Kier molecular flexibility index (Phi) is 8.01. The van der Waals surface area contributed by atoms with Gasteiger partial charge in [-0.15, -0.1) is 0 Å². The minimum Gasteiger partial charge on any atom is -0.513 e. The summed E-state index contributed by atoms with van der Waals surface area (Å²) >= 11 is 0. The predicted octanol–water partition coefficient (Wildman–Crippen LogP) is 4.53. The molecule has 14 heavy (non-hydrogen) atoms. The fraction of sp³-hybridized carbons (Fsp3) is 0.538. The third kappa shape index (κ3) is 9.11. The van der Waals surface area contributed by atoms with Crippen LogP contribution in [0.25, 0.3) is 0 Å². The molecular weight excluding hydrogens is 172 g/mol. The molecule has 0 saturated carbocycles. The van der Waals surface area contributed by atoms with Crippen LogP contribution in [-0.4, -0.2) is 5.11 Å². The zero-order valence-electron chi connectivity index (χ0n) is 9.42. The van der Waals surface area contributed by atoms with Gasteiger partial charge < -0.3 is 5.11 Å². The molecule has 0 heterocycles. The lowest BCUT2D eigenvalue weighted by molar-refractivity contribution is 0.385. The molecule has 0 radical (unpaired) electrons. The van der Waals surface area contributed by atoms with Gasteiger partial charge in [-0.2, -0.15) is 0 Å². The van der Waals surface area contributed by atoms with Crippen molar-refractivity contribution >= 4 is 0 Å². The number of rotatable bonds is 7. The van der Waals surface area contributed by atoms with Crippen LogP contribution < -0.4 is 0 Å². The number of hydrogen-bond donors (Lipinski definition) is 1. The number of aliphatic hydroxyl groups is 1. The first-order valence-corrected chi connectivity index (χ1v) is 5.37. The standard InChI is InChI=1S/C13H22O/c1-4-9-12(2)10-7-5-6-8-11-13(3)14/h7,9-10,14H,3-6,8,11H2,1-2H3/b10-7-,12-9-. The molecule has 0 aromatic rings. The molecule has 0 aliphatic heterocycles. The van der Waals surface area contributed by atoms with Crippen LogP contribution in [0.1, 0.15) is 46.0 Å². The number of unbranched alkanes of at least 4 members (excludes halogenated alkanes) is 2. The van der Waals surface area contributed by atoms with E-state index in [-0.39, 0.29) is 0 Å². The molecule has 1 heteroatoms. The van der Waals surface area contributed by atoms with Crippen LogP contribution >= 0.6 is 0 Å². The molecule has 0 bridgehead atoms. The Balaban J connectivity index is 3.44. The van der Waals surface area contributed by atoms with Crippen LogP contribution in [0, 0.1) is 0 Å². The van der Waals surface area contributed by atoms with Crippen LogP contribution in [0.4, 0.5) is 0 Å². The first kappa shape index (κ1) is 13.0. The third-order valence-electron chi connectivity index (χ3n) is 1.99. The topological polar surface area (TPSA) is 20.2 Å². The SMILES string of the molecule is C=C(O)CCCC/C=C\C(C)=C/CC. The van der Waals surface area contributed by atoms with Crippen LogP contribution in [0.15, 0.2) is 36.1 Å². The molecule has 80 valence electrons. The molecule has 0 aliphatic carbocycles. The van der Waals surface area contributed by atoms with Crippen LogP contribution in [-0.2, 0) is 0 Å². The van der Waals surface area contributed by atoms with Crippen molar-refractivity contribution in [2.45, 2.75) is 46.0 Å². The second kappa shape index (κ2) is 8.61.